The highest BCUT2D eigenvalue weighted by molar-refractivity contribution is 5.83. The van der Waals surface area contributed by atoms with Crippen LogP contribution in [-0.2, 0) is 0 Å². The van der Waals surface area contributed by atoms with Crippen LogP contribution in [0.1, 0.15) is 18.1 Å². The van der Waals surface area contributed by atoms with Gasteiger partial charge in [-0.2, -0.15) is 0 Å². The van der Waals surface area contributed by atoms with Crippen LogP contribution in [0.25, 0.3) is 0 Å². The Hall–Kier alpha value is -2.62. The van der Waals surface area contributed by atoms with Crippen LogP contribution in [0.5, 0.6) is 11.5 Å². The molecule has 2 N–H and O–H groups in total. The molecule has 0 heterocycles. The number of hydrazone groups is 1. The summed E-state index contributed by atoms with van der Waals surface area (Å²) in [6.45, 7) is 2.61. The Balaban J connectivity index is 2.26. The Morgan fingerprint density at radius 2 is 1.50 bits per heavy atom. The number of phenols is 2. The molecule has 0 unspecified atom stereocenters. The molecule has 0 amide bonds. The average Bonchev–Trinajstić information content (AvgIpc) is 2.47. The van der Waals surface area contributed by atoms with Gasteiger partial charge in [-0.15, -0.1) is 0 Å². The fourth-order valence-electron chi connectivity index (χ4n) is 1.70. The molecule has 0 radical (unpaired) electrons. The normalized spacial score (nSPS) is 11.9. The predicted molar refractivity (Wildman–Crippen MR) is 79.8 cm³/mol. The van der Waals surface area contributed by atoms with E-state index < -0.39 is 0 Å². The van der Waals surface area contributed by atoms with E-state index >= 15 is 0 Å². The van der Waals surface area contributed by atoms with Gasteiger partial charge in [0.15, 0.2) is 6.54 Å². The first-order valence-electron chi connectivity index (χ1n) is 6.42. The number of rotatable bonds is 4. The van der Waals surface area contributed by atoms with E-state index in [0.717, 1.165) is 0 Å². The SMILES string of the molecule is CC[N+](=Cc1ccccc1O)N=Cc1ccccc1O. The molecular weight excluding hydrogens is 252 g/mol. The van der Waals surface area contributed by atoms with Gasteiger partial charge in [-0.1, -0.05) is 28.9 Å². The van der Waals surface area contributed by atoms with E-state index in [-0.39, 0.29) is 11.5 Å². The van der Waals surface area contributed by atoms with Crippen LogP contribution in [0.2, 0.25) is 0 Å². The van der Waals surface area contributed by atoms with E-state index in [4.69, 9.17) is 0 Å². The van der Waals surface area contributed by atoms with Crippen molar-refractivity contribution in [2.75, 3.05) is 6.54 Å². The maximum Gasteiger partial charge on any atom is 0.207 e. The first kappa shape index (κ1) is 13.8. The number of benzene rings is 2. The number of nitrogens with zero attached hydrogens (tertiary/aromatic N) is 2. The zero-order chi connectivity index (χ0) is 14.4. The van der Waals surface area contributed by atoms with Crippen molar-refractivity contribution in [3.63, 3.8) is 0 Å². The molecule has 0 aliphatic rings. The van der Waals surface area contributed by atoms with Crippen LogP contribution in [-0.4, -0.2) is 33.9 Å². The molecule has 2 rings (SSSR count). The van der Waals surface area contributed by atoms with E-state index in [1.165, 1.54) is 0 Å². The first-order valence-corrected chi connectivity index (χ1v) is 6.42. The molecule has 0 aliphatic heterocycles. The van der Waals surface area contributed by atoms with Gasteiger partial charge < -0.3 is 10.2 Å². The van der Waals surface area contributed by atoms with Gasteiger partial charge in [0.2, 0.25) is 6.21 Å². The fraction of sp³-hybridized carbons (Fsp3) is 0.125. The van der Waals surface area contributed by atoms with Crippen LogP contribution in [0.15, 0.2) is 53.6 Å². The molecule has 0 spiro atoms. The Bertz CT molecular complexity index is 648. The number of hydrogen-bond acceptors (Lipinski definition) is 3. The van der Waals surface area contributed by atoms with Crippen molar-refractivity contribution in [3.05, 3.63) is 59.7 Å². The van der Waals surface area contributed by atoms with Gasteiger partial charge in [-0.3, -0.25) is 0 Å². The lowest BCUT2D eigenvalue weighted by Crippen LogP contribution is -2.07. The summed E-state index contributed by atoms with van der Waals surface area (Å²) >= 11 is 0. The standard InChI is InChI=1S/C16H16N2O2/c1-2-18(12-14-8-4-6-10-16(14)20)17-11-13-7-3-5-9-15(13)19/h3-12H,2H2,1H3,(H,17,19)/p+1. The Kier molecular flexibility index (Phi) is 4.50. The van der Waals surface area contributed by atoms with Crippen LogP contribution < -0.4 is 0 Å². The van der Waals surface area contributed by atoms with Gasteiger partial charge in [-0.05, 0) is 36.3 Å². The molecule has 2 aromatic carbocycles. The minimum atomic E-state index is 0.190. The molecule has 4 nitrogen and oxygen atoms in total. The first-order chi connectivity index (χ1) is 9.70. The quantitative estimate of drug-likeness (QED) is 0.509. The summed E-state index contributed by atoms with van der Waals surface area (Å²) in [5.41, 5.74) is 1.35. The highest BCUT2D eigenvalue weighted by Gasteiger charge is 2.04. The van der Waals surface area contributed by atoms with E-state index in [2.05, 4.69) is 5.10 Å². The molecule has 20 heavy (non-hydrogen) atoms. The lowest BCUT2D eigenvalue weighted by Gasteiger charge is -1.97. The summed E-state index contributed by atoms with van der Waals surface area (Å²) in [5, 5.41) is 23.7. The summed E-state index contributed by atoms with van der Waals surface area (Å²) in [5.74, 6) is 0.401. The Morgan fingerprint density at radius 3 is 2.05 bits per heavy atom. The van der Waals surface area contributed by atoms with E-state index in [1.54, 1.807) is 47.4 Å². The van der Waals surface area contributed by atoms with Gasteiger partial charge >= 0.3 is 0 Å². The molecule has 0 aliphatic carbocycles. The average molecular weight is 269 g/mol. The molecule has 4 heteroatoms. The zero-order valence-electron chi connectivity index (χ0n) is 11.3. The van der Waals surface area contributed by atoms with E-state index in [9.17, 15) is 10.2 Å². The van der Waals surface area contributed by atoms with Gasteiger partial charge in [0, 0.05) is 5.56 Å². The summed E-state index contributed by atoms with van der Waals surface area (Å²) in [6.07, 6.45) is 3.35. The number of hydrogen-bond donors (Lipinski definition) is 2. The lowest BCUT2D eigenvalue weighted by atomic mass is 10.2. The Morgan fingerprint density at radius 1 is 0.950 bits per heavy atom. The van der Waals surface area contributed by atoms with E-state index in [1.807, 2.05) is 25.1 Å². The van der Waals surface area contributed by atoms with Crippen LogP contribution in [0.4, 0.5) is 0 Å². The maximum atomic E-state index is 9.73. The summed E-state index contributed by atoms with van der Waals surface area (Å²) in [4.78, 5) is 0. The van der Waals surface area contributed by atoms with Crippen molar-refractivity contribution >= 4 is 12.4 Å². The van der Waals surface area contributed by atoms with Gasteiger partial charge in [-0.25, -0.2) is 0 Å². The van der Waals surface area contributed by atoms with Gasteiger partial charge in [0.1, 0.15) is 17.7 Å². The Labute approximate surface area is 118 Å². The fourth-order valence-corrected chi connectivity index (χ4v) is 1.70. The third-order valence-electron chi connectivity index (χ3n) is 2.83. The zero-order valence-corrected chi connectivity index (χ0v) is 11.3. The highest BCUT2D eigenvalue weighted by atomic mass is 16.3. The highest BCUT2D eigenvalue weighted by Crippen LogP contribution is 2.14. The topological polar surface area (TPSA) is 55.8 Å². The maximum absolute atomic E-state index is 9.73. The van der Waals surface area contributed by atoms with Crippen molar-refractivity contribution in [1.29, 1.82) is 0 Å². The summed E-state index contributed by atoms with van der Waals surface area (Å²) in [7, 11) is 0. The molecule has 0 fully saturated rings. The minimum Gasteiger partial charge on any atom is -0.507 e. The minimum absolute atomic E-state index is 0.190. The van der Waals surface area contributed by atoms with E-state index in [0.29, 0.717) is 17.7 Å². The third kappa shape index (κ3) is 3.45. The second-order valence-corrected chi connectivity index (χ2v) is 4.25. The molecule has 0 aromatic heterocycles. The summed E-state index contributed by atoms with van der Waals surface area (Å²) < 4.78 is 1.70. The molecule has 0 saturated carbocycles. The molecular formula is C16H17N2O2+. The van der Waals surface area contributed by atoms with Gasteiger partial charge in [0.05, 0.1) is 5.56 Å². The van der Waals surface area contributed by atoms with Crippen LogP contribution in [0.3, 0.4) is 0 Å². The van der Waals surface area contributed by atoms with Crippen molar-refractivity contribution in [2.45, 2.75) is 6.92 Å². The smallest absolute Gasteiger partial charge is 0.207 e. The van der Waals surface area contributed by atoms with Crippen LogP contribution >= 0.6 is 0 Å². The van der Waals surface area contributed by atoms with Crippen molar-refractivity contribution in [3.8, 4) is 11.5 Å². The largest absolute Gasteiger partial charge is 0.507 e. The summed E-state index contributed by atoms with van der Waals surface area (Å²) in [6, 6.07) is 14.1. The second kappa shape index (κ2) is 6.52. The molecule has 0 bridgehead atoms. The predicted octanol–water partition coefficient (Wildman–Crippen LogP) is 2.58. The lowest BCUT2D eigenvalue weighted by molar-refractivity contribution is -0.524. The van der Waals surface area contributed by atoms with Crippen LogP contribution in [0, 0.1) is 0 Å². The molecule has 102 valence electrons. The molecule has 0 atom stereocenters. The molecule has 0 saturated heterocycles. The number of aromatic hydroxyl groups is 2. The molecule has 2 aromatic rings. The van der Waals surface area contributed by atoms with Gasteiger partial charge in [0.25, 0.3) is 0 Å². The van der Waals surface area contributed by atoms with Crippen molar-refractivity contribution < 1.29 is 14.9 Å². The van der Waals surface area contributed by atoms with Crippen molar-refractivity contribution in [1.82, 2.24) is 0 Å². The third-order valence-corrected chi connectivity index (χ3v) is 2.83. The number of para-hydroxylation sites is 2. The second-order valence-electron chi connectivity index (χ2n) is 4.25. The van der Waals surface area contributed by atoms with Crippen molar-refractivity contribution in [2.24, 2.45) is 5.10 Å². The monoisotopic (exact) mass is 269 g/mol. The number of phenolic OH excluding ortho intramolecular Hbond substituents is 2.